The van der Waals surface area contributed by atoms with Gasteiger partial charge in [-0.25, -0.2) is 0 Å². The smallest absolute Gasteiger partial charge is 0.0223 e. The van der Waals surface area contributed by atoms with Crippen LogP contribution in [0.2, 0.25) is 0 Å². The molecule has 90 valence electrons. The molecule has 0 radical (unpaired) electrons. The van der Waals surface area contributed by atoms with Crippen molar-refractivity contribution in [1.82, 2.24) is 0 Å². The lowest BCUT2D eigenvalue weighted by molar-refractivity contribution is 0.0740. The predicted molar refractivity (Wildman–Crippen MR) is 69.5 cm³/mol. The van der Waals surface area contributed by atoms with Crippen molar-refractivity contribution in [3.63, 3.8) is 0 Å². The molecule has 0 heterocycles. The Morgan fingerprint density at radius 2 is 2.07 bits per heavy atom. The van der Waals surface area contributed by atoms with Crippen LogP contribution < -0.4 is 0 Å². The first-order valence-corrected chi connectivity index (χ1v) is 7.21. The Hall–Kier alpha value is 0.290. The van der Waals surface area contributed by atoms with Crippen molar-refractivity contribution in [3.8, 4) is 0 Å². The molecule has 0 amide bonds. The van der Waals surface area contributed by atoms with Crippen LogP contribution in [0.1, 0.15) is 65.7 Å². The van der Waals surface area contributed by atoms with E-state index in [9.17, 15) is 0 Å². The van der Waals surface area contributed by atoms with Crippen molar-refractivity contribution in [2.24, 2.45) is 17.3 Å². The quantitative estimate of drug-likeness (QED) is 0.566. The van der Waals surface area contributed by atoms with Crippen LogP contribution in [0.5, 0.6) is 0 Å². The van der Waals surface area contributed by atoms with Gasteiger partial charge in [0.25, 0.3) is 0 Å². The summed E-state index contributed by atoms with van der Waals surface area (Å²) in [6.07, 6.45) is 9.65. The van der Waals surface area contributed by atoms with E-state index in [-0.39, 0.29) is 0 Å². The average Bonchev–Trinajstić information content (AvgIpc) is 2.20. The molecule has 0 nitrogen and oxygen atoms in total. The monoisotopic (exact) mass is 230 g/mol. The predicted octanol–water partition coefficient (Wildman–Crippen LogP) is 5.25. The van der Waals surface area contributed by atoms with Crippen LogP contribution in [-0.4, -0.2) is 5.88 Å². The Labute approximate surface area is 101 Å². The van der Waals surface area contributed by atoms with Gasteiger partial charge in [0.15, 0.2) is 0 Å². The molecule has 0 spiro atoms. The summed E-state index contributed by atoms with van der Waals surface area (Å²) < 4.78 is 0. The Bertz CT molecular complexity index is 174. The van der Waals surface area contributed by atoms with Crippen molar-refractivity contribution >= 4 is 11.6 Å². The summed E-state index contributed by atoms with van der Waals surface area (Å²) in [4.78, 5) is 0. The van der Waals surface area contributed by atoms with Crippen LogP contribution >= 0.6 is 11.6 Å². The van der Waals surface area contributed by atoms with Gasteiger partial charge in [-0.2, -0.15) is 0 Å². The zero-order valence-corrected chi connectivity index (χ0v) is 11.4. The third-order valence-corrected chi connectivity index (χ3v) is 4.66. The maximum absolute atomic E-state index is 5.81. The summed E-state index contributed by atoms with van der Waals surface area (Å²) in [5, 5.41) is 0. The second kappa shape index (κ2) is 6.13. The number of hydrogen-bond acceptors (Lipinski definition) is 0. The van der Waals surface area contributed by atoms with Crippen molar-refractivity contribution < 1.29 is 0 Å². The number of hydrogen-bond donors (Lipinski definition) is 0. The van der Waals surface area contributed by atoms with Gasteiger partial charge in [0.2, 0.25) is 0 Å². The van der Waals surface area contributed by atoms with E-state index in [0.717, 1.165) is 17.7 Å². The first-order valence-electron chi connectivity index (χ1n) is 6.67. The van der Waals surface area contributed by atoms with Crippen LogP contribution in [0, 0.1) is 17.3 Å². The van der Waals surface area contributed by atoms with Crippen LogP contribution in [0.15, 0.2) is 0 Å². The third-order valence-electron chi connectivity index (χ3n) is 4.39. The van der Waals surface area contributed by atoms with Crippen LogP contribution in [0.4, 0.5) is 0 Å². The van der Waals surface area contributed by atoms with Gasteiger partial charge in [-0.3, -0.25) is 0 Å². The molecule has 0 aromatic heterocycles. The first-order chi connectivity index (χ1) is 7.11. The van der Waals surface area contributed by atoms with Crippen LogP contribution in [-0.2, 0) is 0 Å². The molecule has 0 aliphatic heterocycles. The van der Waals surface area contributed by atoms with Gasteiger partial charge in [-0.1, -0.05) is 40.0 Å². The minimum Gasteiger partial charge on any atom is -0.127 e. The van der Waals surface area contributed by atoms with Crippen molar-refractivity contribution in [2.75, 3.05) is 5.88 Å². The van der Waals surface area contributed by atoms with E-state index in [4.69, 9.17) is 11.6 Å². The molecule has 1 aliphatic rings. The topological polar surface area (TPSA) is 0 Å². The van der Waals surface area contributed by atoms with Gasteiger partial charge in [0, 0.05) is 5.88 Å². The Morgan fingerprint density at radius 1 is 1.33 bits per heavy atom. The molecule has 0 bridgehead atoms. The summed E-state index contributed by atoms with van der Waals surface area (Å²) in [7, 11) is 0. The average molecular weight is 231 g/mol. The third kappa shape index (κ3) is 3.66. The lowest BCUT2D eigenvalue weighted by Gasteiger charge is -2.43. The molecule has 0 aromatic carbocycles. The van der Waals surface area contributed by atoms with E-state index in [1.807, 2.05) is 0 Å². The molecular formula is C14H27Cl. The number of halogens is 1. The fourth-order valence-corrected chi connectivity index (χ4v) is 3.58. The fourth-order valence-electron chi connectivity index (χ4n) is 3.42. The molecule has 0 saturated heterocycles. The van der Waals surface area contributed by atoms with E-state index in [0.29, 0.717) is 5.41 Å². The second-order valence-electron chi connectivity index (χ2n) is 5.84. The molecule has 1 saturated carbocycles. The van der Waals surface area contributed by atoms with Crippen LogP contribution in [0.3, 0.4) is 0 Å². The lowest BCUT2D eigenvalue weighted by Crippen LogP contribution is -2.33. The van der Waals surface area contributed by atoms with Gasteiger partial charge in [-0.05, 0) is 42.9 Å². The second-order valence-corrected chi connectivity index (χ2v) is 6.22. The van der Waals surface area contributed by atoms with E-state index in [1.54, 1.807) is 0 Å². The van der Waals surface area contributed by atoms with Gasteiger partial charge in [0.1, 0.15) is 0 Å². The maximum Gasteiger partial charge on any atom is 0.0223 e. The van der Waals surface area contributed by atoms with E-state index in [1.165, 1.54) is 44.9 Å². The molecule has 2 atom stereocenters. The van der Waals surface area contributed by atoms with E-state index >= 15 is 0 Å². The lowest BCUT2D eigenvalue weighted by atomic mass is 9.62. The molecular weight excluding hydrogens is 204 g/mol. The zero-order valence-electron chi connectivity index (χ0n) is 10.7. The van der Waals surface area contributed by atoms with Gasteiger partial charge < -0.3 is 0 Å². The molecule has 1 heteroatoms. The zero-order chi connectivity index (χ0) is 11.3. The molecule has 1 aliphatic carbocycles. The van der Waals surface area contributed by atoms with Crippen molar-refractivity contribution in [2.45, 2.75) is 65.7 Å². The summed E-state index contributed by atoms with van der Waals surface area (Å²) in [6, 6.07) is 0. The molecule has 1 fully saturated rings. The van der Waals surface area contributed by atoms with Gasteiger partial charge >= 0.3 is 0 Å². The first kappa shape index (κ1) is 13.4. The van der Waals surface area contributed by atoms with E-state index in [2.05, 4.69) is 20.8 Å². The molecule has 1 rings (SSSR count). The summed E-state index contributed by atoms with van der Waals surface area (Å²) in [6.45, 7) is 7.30. The highest BCUT2D eigenvalue weighted by Crippen LogP contribution is 2.46. The largest absolute Gasteiger partial charge is 0.127 e. The highest BCUT2D eigenvalue weighted by molar-refractivity contribution is 6.17. The number of rotatable bonds is 5. The normalized spacial score (nSPS) is 27.6. The summed E-state index contributed by atoms with van der Waals surface area (Å²) >= 11 is 5.81. The van der Waals surface area contributed by atoms with Crippen LogP contribution in [0.25, 0.3) is 0 Å². The standard InChI is InChI=1S/C14H27Cl/c1-4-12(8-7-11-15)13-9-5-6-10-14(13,2)3/h12-13H,4-11H2,1-3H3. The van der Waals surface area contributed by atoms with Gasteiger partial charge in [0.05, 0.1) is 0 Å². The summed E-state index contributed by atoms with van der Waals surface area (Å²) in [5.74, 6) is 2.70. The Balaban J connectivity index is 2.56. The highest BCUT2D eigenvalue weighted by Gasteiger charge is 2.36. The summed E-state index contributed by atoms with van der Waals surface area (Å²) in [5.41, 5.74) is 0.575. The molecule has 2 unspecified atom stereocenters. The minimum atomic E-state index is 0.575. The van der Waals surface area contributed by atoms with E-state index < -0.39 is 0 Å². The number of alkyl halides is 1. The van der Waals surface area contributed by atoms with Gasteiger partial charge in [-0.15, -0.1) is 11.6 Å². The molecule has 0 N–H and O–H groups in total. The molecule has 15 heavy (non-hydrogen) atoms. The highest BCUT2D eigenvalue weighted by atomic mass is 35.5. The molecule has 0 aromatic rings. The Morgan fingerprint density at radius 3 is 2.60 bits per heavy atom. The maximum atomic E-state index is 5.81. The Kier molecular flexibility index (Phi) is 5.46. The minimum absolute atomic E-state index is 0.575. The SMILES string of the molecule is CCC(CCCCl)C1CCCCC1(C)C. The van der Waals surface area contributed by atoms with Crippen molar-refractivity contribution in [3.05, 3.63) is 0 Å². The fraction of sp³-hybridized carbons (Fsp3) is 1.00. The van der Waals surface area contributed by atoms with Crippen molar-refractivity contribution in [1.29, 1.82) is 0 Å².